The Kier molecular flexibility index (Phi) is 8.56. The third kappa shape index (κ3) is 6.96. The largest absolute Gasteiger partial charge is 0.466 e. The molecule has 2 aromatic rings. The first-order chi connectivity index (χ1) is 14.2. The molecule has 2 N–H and O–H groups in total. The second kappa shape index (κ2) is 10.9. The number of sulfonamides is 1. The van der Waals surface area contributed by atoms with Crippen molar-refractivity contribution in [3.05, 3.63) is 65.7 Å². The molecule has 30 heavy (non-hydrogen) atoms. The number of esters is 1. The zero-order valence-electron chi connectivity index (χ0n) is 17.4. The van der Waals surface area contributed by atoms with E-state index in [9.17, 15) is 18.0 Å². The first-order valence-corrected chi connectivity index (χ1v) is 11.3. The van der Waals surface area contributed by atoms with Gasteiger partial charge in [-0.3, -0.25) is 9.59 Å². The van der Waals surface area contributed by atoms with E-state index in [2.05, 4.69) is 10.0 Å². The highest BCUT2D eigenvalue weighted by Crippen LogP contribution is 2.14. The lowest BCUT2D eigenvalue weighted by Crippen LogP contribution is -2.35. The van der Waals surface area contributed by atoms with Crippen LogP contribution in [0.15, 0.2) is 59.5 Å². The predicted molar refractivity (Wildman–Crippen MR) is 115 cm³/mol. The maximum absolute atomic E-state index is 12.6. The number of amides is 1. The maximum atomic E-state index is 12.6. The minimum absolute atomic E-state index is 0.00933. The smallest absolute Gasteiger partial charge is 0.311 e. The molecule has 0 fully saturated rings. The van der Waals surface area contributed by atoms with Crippen molar-refractivity contribution in [1.29, 1.82) is 0 Å². The molecule has 0 heterocycles. The summed E-state index contributed by atoms with van der Waals surface area (Å²) in [4.78, 5) is 24.9. The zero-order valence-corrected chi connectivity index (χ0v) is 18.2. The monoisotopic (exact) mass is 432 g/mol. The highest BCUT2D eigenvalue weighted by atomic mass is 32.2. The van der Waals surface area contributed by atoms with Crippen LogP contribution in [0.25, 0.3) is 0 Å². The molecule has 0 bridgehead atoms. The number of hydrogen-bond acceptors (Lipinski definition) is 5. The normalized spacial score (nSPS) is 12.4. The van der Waals surface area contributed by atoms with Crippen molar-refractivity contribution >= 4 is 21.9 Å². The molecule has 0 radical (unpaired) electrons. The van der Waals surface area contributed by atoms with Crippen LogP contribution in [0, 0.1) is 5.92 Å². The van der Waals surface area contributed by atoms with Crippen molar-refractivity contribution < 1.29 is 22.7 Å². The van der Waals surface area contributed by atoms with Crippen molar-refractivity contribution in [2.24, 2.45) is 5.92 Å². The van der Waals surface area contributed by atoms with Crippen LogP contribution < -0.4 is 10.0 Å². The van der Waals surface area contributed by atoms with Crippen molar-refractivity contribution in [3.63, 3.8) is 0 Å². The Morgan fingerprint density at radius 2 is 1.73 bits per heavy atom. The van der Waals surface area contributed by atoms with Gasteiger partial charge in [-0.25, -0.2) is 13.1 Å². The van der Waals surface area contributed by atoms with Crippen LogP contribution in [-0.2, 0) is 26.0 Å². The van der Waals surface area contributed by atoms with Crippen LogP contribution in [0.5, 0.6) is 0 Å². The maximum Gasteiger partial charge on any atom is 0.311 e. The summed E-state index contributed by atoms with van der Waals surface area (Å²) in [6, 6.07) is 15.0. The second-order valence-corrected chi connectivity index (χ2v) is 8.87. The van der Waals surface area contributed by atoms with Gasteiger partial charge in [0.1, 0.15) is 0 Å². The molecular formula is C22H28N2O5S. The van der Waals surface area contributed by atoms with Crippen LogP contribution in [0.2, 0.25) is 0 Å². The first-order valence-electron chi connectivity index (χ1n) is 9.84. The Labute approximate surface area is 177 Å². The molecule has 1 atom stereocenters. The molecule has 0 spiro atoms. The van der Waals surface area contributed by atoms with E-state index in [-0.39, 0.29) is 35.6 Å². The molecule has 0 unspecified atom stereocenters. The number of nitrogens with one attached hydrogen (secondary N) is 2. The van der Waals surface area contributed by atoms with Gasteiger partial charge in [-0.05, 0) is 51.0 Å². The summed E-state index contributed by atoms with van der Waals surface area (Å²) < 4.78 is 32.3. The molecule has 0 aliphatic rings. The van der Waals surface area contributed by atoms with Crippen molar-refractivity contribution in [2.75, 3.05) is 13.2 Å². The third-order valence-corrected chi connectivity index (χ3v) is 5.91. The van der Waals surface area contributed by atoms with Crippen LogP contribution in [0.4, 0.5) is 0 Å². The number of benzene rings is 2. The van der Waals surface area contributed by atoms with E-state index in [1.165, 1.54) is 24.3 Å². The predicted octanol–water partition coefficient (Wildman–Crippen LogP) is 2.53. The fourth-order valence-corrected chi connectivity index (χ4v) is 4.19. The van der Waals surface area contributed by atoms with Gasteiger partial charge in [0, 0.05) is 18.2 Å². The molecule has 0 saturated heterocycles. The highest BCUT2D eigenvalue weighted by Gasteiger charge is 2.22. The number of hydrogen-bond donors (Lipinski definition) is 2. The van der Waals surface area contributed by atoms with Gasteiger partial charge in [-0.2, -0.15) is 0 Å². The van der Waals surface area contributed by atoms with Crippen LogP contribution >= 0.6 is 0 Å². The van der Waals surface area contributed by atoms with Gasteiger partial charge in [0.05, 0.1) is 17.4 Å². The Morgan fingerprint density at radius 1 is 1.03 bits per heavy atom. The molecule has 7 nitrogen and oxygen atoms in total. The lowest BCUT2D eigenvalue weighted by molar-refractivity contribution is -0.147. The van der Waals surface area contributed by atoms with Gasteiger partial charge in [0.25, 0.3) is 5.91 Å². The van der Waals surface area contributed by atoms with E-state index in [1.54, 1.807) is 20.8 Å². The molecule has 1 amide bonds. The van der Waals surface area contributed by atoms with Gasteiger partial charge < -0.3 is 10.1 Å². The lowest BCUT2D eigenvalue weighted by Gasteiger charge is -2.17. The molecule has 0 aliphatic carbocycles. The molecule has 162 valence electrons. The molecule has 0 aromatic heterocycles. The summed E-state index contributed by atoms with van der Waals surface area (Å²) in [6.07, 6.45) is 0.423. The second-order valence-electron chi connectivity index (χ2n) is 7.15. The Hall–Kier alpha value is -2.71. The van der Waals surface area contributed by atoms with Crippen molar-refractivity contribution in [1.82, 2.24) is 10.0 Å². The Balaban J connectivity index is 2.11. The standard InChI is InChI=1S/C22H28N2O5S/c1-4-29-22(26)19(13-17-9-6-5-7-10-17)15-23-21(25)18-11-8-12-20(14-18)30(27,28)24-16(2)3/h5-12,14,16,19,24H,4,13,15H2,1-3H3,(H,23,25)/t19-/m0/s1. The van der Waals surface area contributed by atoms with Gasteiger partial charge in [-0.1, -0.05) is 36.4 Å². The van der Waals surface area contributed by atoms with E-state index in [0.717, 1.165) is 5.56 Å². The van der Waals surface area contributed by atoms with E-state index < -0.39 is 21.8 Å². The Morgan fingerprint density at radius 3 is 2.37 bits per heavy atom. The van der Waals surface area contributed by atoms with Gasteiger partial charge in [0.2, 0.25) is 10.0 Å². The van der Waals surface area contributed by atoms with E-state index in [4.69, 9.17) is 4.74 Å². The van der Waals surface area contributed by atoms with Crippen LogP contribution in [0.1, 0.15) is 36.7 Å². The SMILES string of the molecule is CCOC(=O)[C@H](CNC(=O)c1cccc(S(=O)(=O)NC(C)C)c1)Cc1ccccc1. The highest BCUT2D eigenvalue weighted by molar-refractivity contribution is 7.89. The first kappa shape index (κ1) is 23.6. The summed E-state index contributed by atoms with van der Waals surface area (Å²) in [5, 5.41) is 2.72. The summed E-state index contributed by atoms with van der Waals surface area (Å²) in [6.45, 7) is 5.49. The van der Waals surface area contributed by atoms with E-state index >= 15 is 0 Å². The summed E-state index contributed by atoms with van der Waals surface area (Å²) in [5.41, 5.74) is 1.15. The van der Waals surface area contributed by atoms with E-state index in [1.807, 2.05) is 30.3 Å². The average Bonchev–Trinajstić information content (AvgIpc) is 2.71. The van der Waals surface area contributed by atoms with Crippen LogP contribution in [0.3, 0.4) is 0 Å². The van der Waals surface area contributed by atoms with Crippen LogP contribution in [-0.4, -0.2) is 39.5 Å². The van der Waals surface area contributed by atoms with Crippen molar-refractivity contribution in [2.45, 2.75) is 38.1 Å². The topological polar surface area (TPSA) is 102 Å². The minimum Gasteiger partial charge on any atom is -0.466 e. The average molecular weight is 433 g/mol. The lowest BCUT2D eigenvalue weighted by atomic mass is 9.99. The third-order valence-electron chi connectivity index (χ3n) is 4.25. The fraction of sp³-hybridized carbons (Fsp3) is 0.364. The molecule has 0 aliphatic heterocycles. The quantitative estimate of drug-likeness (QED) is 0.562. The number of rotatable bonds is 10. The molecular weight excluding hydrogens is 404 g/mol. The number of ether oxygens (including phenoxy) is 1. The summed E-state index contributed by atoms with van der Waals surface area (Å²) in [7, 11) is -3.71. The van der Waals surface area contributed by atoms with Gasteiger partial charge >= 0.3 is 5.97 Å². The minimum atomic E-state index is -3.71. The molecule has 8 heteroatoms. The van der Waals surface area contributed by atoms with E-state index in [0.29, 0.717) is 6.42 Å². The van der Waals surface area contributed by atoms with Crippen molar-refractivity contribution in [3.8, 4) is 0 Å². The molecule has 2 rings (SSSR count). The zero-order chi connectivity index (χ0) is 22.1. The number of carbonyl (C=O) groups excluding carboxylic acids is 2. The van der Waals surface area contributed by atoms with Gasteiger partial charge in [0.15, 0.2) is 0 Å². The van der Waals surface area contributed by atoms with Gasteiger partial charge in [-0.15, -0.1) is 0 Å². The summed E-state index contributed by atoms with van der Waals surface area (Å²) in [5.74, 6) is -1.40. The fourth-order valence-electron chi connectivity index (χ4n) is 2.90. The summed E-state index contributed by atoms with van der Waals surface area (Å²) >= 11 is 0. The molecule has 0 saturated carbocycles. The Bertz CT molecular complexity index is 959. The number of carbonyl (C=O) groups is 2. The molecule has 2 aromatic carbocycles.